The van der Waals surface area contributed by atoms with Gasteiger partial charge in [-0.25, -0.2) is 8.42 Å². The summed E-state index contributed by atoms with van der Waals surface area (Å²) in [7, 11) is 3.31. The molecule has 0 spiro atoms. The Balaban J connectivity index is 2.15. The van der Waals surface area contributed by atoms with Crippen molar-refractivity contribution >= 4 is 37.0 Å². The normalized spacial score (nSPS) is 13.1. The number of aryl methyl sites for hydroxylation is 1. The van der Waals surface area contributed by atoms with Gasteiger partial charge in [0.15, 0.2) is 0 Å². The standard InChI is InChI=1S/C12H14ClN3O3S2/c1-7(10-4-5-11(20-10)21(13,18)19)15-12(17)9-6-14-16(3)8(9)2/h4-7H,1-3H3,(H,15,17). The second-order valence-corrected chi connectivity index (χ2v) is 8.47. The third kappa shape index (κ3) is 3.45. The number of halogens is 1. The van der Waals surface area contributed by atoms with Crippen LogP contribution in [0.4, 0.5) is 0 Å². The zero-order chi connectivity index (χ0) is 15.8. The Morgan fingerprint density at radius 2 is 2.14 bits per heavy atom. The molecule has 0 saturated heterocycles. The van der Waals surface area contributed by atoms with Gasteiger partial charge in [-0.15, -0.1) is 11.3 Å². The van der Waals surface area contributed by atoms with Crippen molar-refractivity contribution in [2.45, 2.75) is 24.1 Å². The van der Waals surface area contributed by atoms with Crippen LogP contribution in [0.25, 0.3) is 0 Å². The predicted octanol–water partition coefficient (Wildman–Crippen LogP) is 2.21. The van der Waals surface area contributed by atoms with Crippen LogP contribution in [0, 0.1) is 6.92 Å². The maximum Gasteiger partial charge on any atom is 0.270 e. The van der Waals surface area contributed by atoms with Crippen molar-refractivity contribution in [1.82, 2.24) is 15.1 Å². The van der Waals surface area contributed by atoms with Crippen LogP contribution in [0.3, 0.4) is 0 Å². The lowest BCUT2D eigenvalue weighted by atomic mass is 10.2. The Bertz CT molecular complexity index is 780. The highest BCUT2D eigenvalue weighted by molar-refractivity contribution is 8.15. The molecule has 1 atom stereocenters. The van der Waals surface area contributed by atoms with Gasteiger partial charge in [-0.05, 0) is 26.0 Å². The predicted molar refractivity (Wildman–Crippen MR) is 81.2 cm³/mol. The molecule has 1 unspecified atom stereocenters. The summed E-state index contributed by atoms with van der Waals surface area (Å²) in [6, 6.07) is 2.75. The third-order valence-corrected chi connectivity index (χ3v) is 6.46. The van der Waals surface area contributed by atoms with E-state index in [4.69, 9.17) is 10.7 Å². The van der Waals surface area contributed by atoms with Crippen LogP contribution in [0.5, 0.6) is 0 Å². The van der Waals surface area contributed by atoms with Crippen molar-refractivity contribution in [2.24, 2.45) is 7.05 Å². The number of thiophene rings is 1. The molecule has 0 aliphatic carbocycles. The van der Waals surface area contributed by atoms with Crippen LogP contribution in [-0.4, -0.2) is 24.1 Å². The van der Waals surface area contributed by atoms with Gasteiger partial charge in [0.25, 0.3) is 15.0 Å². The molecule has 6 nitrogen and oxygen atoms in total. The summed E-state index contributed by atoms with van der Waals surface area (Å²) in [6.07, 6.45) is 1.50. The maximum atomic E-state index is 12.2. The highest BCUT2D eigenvalue weighted by Gasteiger charge is 2.19. The van der Waals surface area contributed by atoms with Crippen LogP contribution in [0.1, 0.15) is 33.9 Å². The molecule has 0 aromatic carbocycles. The highest BCUT2D eigenvalue weighted by Crippen LogP contribution is 2.28. The van der Waals surface area contributed by atoms with Crippen LogP contribution < -0.4 is 5.32 Å². The van der Waals surface area contributed by atoms with Crippen molar-refractivity contribution in [2.75, 3.05) is 0 Å². The average molecular weight is 348 g/mol. The van der Waals surface area contributed by atoms with E-state index in [1.165, 1.54) is 12.3 Å². The summed E-state index contributed by atoms with van der Waals surface area (Å²) in [5, 5.41) is 6.83. The molecule has 21 heavy (non-hydrogen) atoms. The molecular formula is C12H14ClN3O3S2. The van der Waals surface area contributed by atoms with Gasteiger partial charge in [-0.1, -0.05) is 0 Å². The van der Waals surface area contributed by atoms with Crippen molar-refractivity contribution in [3.8, 4) is 0 Å². The summed E-state index contributed by atoms with van der Waals surface area (Å²) >= 11 is 1.04. The molecule has 2 aromatic rings. The van der Waals surface area contributed by atoms with Gasteiger partial charge >= 0.3 is 0 Å². The van der Waals surface area contributed by atoms with Crippen molar-refractivity contribution < 1.29 is 13.2 Å². The number of hydrogen-bond donors (Lipinski definition) is 1. The van der Waals surface area contributed by atoms with Gasteiger partial charge in [-0.2, -0.15) is 5.10 Å². The molecule has 0 fully saturated rings. The number of rotatable bonds is 4. The Hall–Kier alpha value is -1.38. The molecule has 0 bridgehead atoms. The fourth-order valence-corrected chi connectivity index (χ4v) is 3.86. The third-order valence-electron chi connectivity index (χ3n) is 3.10. The van der Waals surface area contributed by atoms with E-state index in [0.717, 1.165) is 17.0 Å². The molecule has 0 aliphatic rings. The quantitative estimate of drug-likeness (QED) is 0.860. The molecule has 0 aliphatic heterocycles. The maximum absolute atomic E-state index is 12.2. The largest absolute Gasteiger partial charge is 0.345 e. The smallest absolute Gasteiger partial charge is 0.270 e. The Kier molecular flexibility index (Phi) is 4.40. The summed E-state index contributed by atoms with van der Waals surface area (Å²) in [4.78, 5) is 12.9. The van der Waals surface area contributed by atoms with E-state index in [-0.39, 0.29) is 16.2 Å². The van der Waals surface area contributed by atoms with E-state index in [0.29, 0.717) is 10.4 Å². The number of hydrogen-bond acceptors (Lipinski definition) is 5. The molecule has 0 saturated carbocycles. The van der Waals surface area contributed by atoms with Crippen LogP contribution in [0.15, 0.2) is 22.5 Å². The van der Waals surface area contributed by atoms with E-state index in [1.54, 1.807) is 31.6 Å². The molecule has 1 N–H and O–H groups in total. The van der Waals surface area contributed by atoms with Gasteiger partial charge in [0.1, 0.15) is 4.21 Å². The van der Waals surface area contributed by atoms with Crippen molar-refractivity contribution in [1.29, 1.82) is 0 Å². The lowest BCUT2D eigenvalue weighted by Crippen LogP contribution is -2.26. The van der Waals surface area contributed by atoms with Gasteiger partial charge in [0.05, 0.1) is 17.8 Å². The minimum Gasteiger partial charge on any atom is -0.345 e. The van der Waals surface area contributed by atoms with E-state index in [2.05, 4.69) is 10.4 Å². The molecule has 2 rings (SSSR count). The first-order chi connectivity index (χ1) is 9.70. The topological polar surface area (TPSA) is 81.1 Å². The fraction of sp³-hybridized carbons (Fsp3) is 0.333. The van der Waals surface area contributed by atoms with Crippen LogP contribution in [0.2, 0.25) is 0 Å². The molecular weight excluding hydrogens is 334 g/mol. The summed E-state index contributed by atoms with van der Waals surface area (Å²) in [5.41, 5.74) is 1.25. The Labute approximate surface area is 131 Å². The summed E-state index contributed by atoms with van der Waals surface area (Å²) in [5.74, 6) is -0.253. The fourth-order valence-electron chi connectivity index (χ4n) is 1.77. The number of nitrogens with one attached hydrogen (secondary N) is 1. The SMILES string of the molecule is Cc1c(C(=O)NC(C)c2ccc(S(=O)(=O)Cl)s2)cnn1C. The zero-order valence-corrected chi connectivity index (χ0v) is 14.0. The van der Waals surface area contributed by atoms with E-state index in [9.17, 15) is 13.2 Å². The number of nitrogens with zero attached hydrogens (tertiary/aromatic N) is 2. The van der Waals surface area contributed by atoms with Gasteiger partial charge < -0.3 is 5.32 Å². The van der Waals surface area contributed by atoms with E-state index in [1.807, 2.05) is 0 Å². The van der Waals surface area contributed by atoms with Crippen LogP contribution in [-0.2, 0) is 16.1 Å². The van der Waals surface area contributed by atoms with Gasteiger partial charge in [0, 0.05) is 28.3 Å². The van der Waals surface area contributed by atoms with E-state index < -0.39 is 9.05 Å². The monoisotopic (exact) mass is 347 g/mol. The summed E-state index contributed by atoms with van der Waals surface area (Å²) < 4.78 is 24.2. The molecule has 114 valence electrons. The lowest BCUT2D eigenvalue weighted by molar-refractivity contribution is 0.0939. The first-order valence-corrected chi connectivity index (χ1v) is 9.16. The number of aromatic nitrogens is 2. The zero-order valence-electron chi connectivity index (χ0n) is 11.6. The summed E-state index contributed by atoms with van der Waals surface area (Å²) in [6.45, 7) is 3.58. The second kappa shape index (κ2) is 5.78. The second-order valence-electron chi connectivity index (χ2n) is 4.56. The Morgan fingerprint density at radius 1 is 1.48 bits per heavy atom. The van der Waals surface area contributed by atoms with Gasteiger partial charge in [-0.3, -0.25) is 9.48 Å². The van der Waals surface area contributed by atoms with Gasteiger partial charge in [0.2, 0.25) is 0 Å². The minimum atomic E-state index is -3.73. The van der Waals surface area contributed by atoms with E-state index >= 15 is 0 Å². The number of carbonyl (C=O) groups excluding carboxylic acids is 1. The van der Waals surface area contributed by atoms with Crippen molar-refractivity contribution in [3.05, 3.63) is 34.5 Å². The minimum absolute atomic E-state index is 0.0674. The first kappa shape index (κ1) is 16.0. The molecule has 2 heterocycles. The first-order valence-electron chi connectivity index (χ1n) is 6.04. The molecule has 9 heteroatoms. The van der Waals surface area contributed by atoms with Crippen LogP contribution >= 0.6 is 22.0 Å². The number of carbonyl (C=O) groups is 1. The Morgan fingerprint density at radius 3 is 2.62 bits per heavy atom. The number of amides is 1. The molecule has 1 amide bonds. The molecule has 0 radical (unpaired) electrons. The average Bonchev–Trinajstić information content (AvgIpc) is 2.97. The van der Waals surface area contributed by atoms with Crippen molar-refractivity contribution in [3.63, 3.8) is 0 Å². The lowest BCUT2D eigenvalue weighted by Gasteiger charge is -2.11. The molecule has 2 aromatic heterocycles. The highest BCUT2D eigenvalue weighted by atomic mass is 35.7.